The molecule has 0 aliphatic carbocycles. The maximum Gasteiger partial charge on any atom is 0.416 e. The zero-order valence-electron chi connectivity index (χ0n) is 11.0. The molecule has 5 heteroatoms. The smallest absolute Gasteiger partial charge is 0.305 e. The van der Waals surface area contributed by atoms with Crippen molar-refractivity contribution in [3.8, 4) is 0 Å². The van der Waals surface area contributed by atoms with Crippen molar-refractivity contribution in [2.75, 3.05) is 0 Å². The van der Waals surface area contributed by atoms with Crippen LogP contribution in [0.4, 0.5) is 13.2 Å². The summed E-state index contributed by atoms with van der Waals surface area (Å²) in [5.74, 6) is 0. The highest BCUT2D eigenvalue weighted by atomic mass is 19.4. The predicted molar refractivity (Wildman–Crippen MR) is 70.9 cm³/mol. The van der Waals surface area contributed by atoms with Crippen molar-refractivity contribution >= 4 is 0 Å². The van der Waals surface area contributed by atoms with E-state index in [9.17, 15) is 13.2 Å². The molecule has 1 atom stereocenters. The molecule has 0 radical (unpaired) electrons. The van der Waals surface area contributed by atoms with Crippen LogP contribution in [0.5, 0.6) is 0 Å². The molecular weight excluding hydrogens is 265 g/mol. The number of pyridine rings is 1. The second-order valence-electron chi connectivity index (χ2n) is 4.56. The first kappa shape index (κ1) is 14.5. The fourth-order valence-electron chi connectivity index (χ4n) is 1.87. The van der Waals surface area contributed by atoms with Gasteiger partial charge in [0.05, 0.1) is 11.3 Å². The normalized spacial score (nSPS) is 13.2. The van der Waals surface area contributed by atoms with Gasteiger partial charge in [0.15, 0.2) is 0 Å². The molecule has 2 nitrogen and oxygen atoms in total. The van der Waals surface area contributed by atoms with Crippen LogP contribution in [0.3, 0.4) is 0 Å². The number of alkyl halides is 3. The van der Waals surface area contributed by atoms with E-state index in [0.717, 1.165) is 17.8 Å². The molecule has 0 amide bonds. The minimum Gasteiger partial charge on any atom is -0.305 e. The first-order chi connectivity index (χ1) is 9.47. The van der Waals surface area contributed by atoms with Gasteiger partial charge in [0, 0.05) is 18.8 Å². The van der Waals surface area contributed by atoms with Gasteiger partial charge >= 0.3 is 6.18 Å². The molecule has 106 valence electrons. The topological polar surface area (TPSA) is 24.9 Å². The van der Waals surface area contributed by atoms with Gasteiger partial charge in [0.2, 0.25) is 0 Å². The minimum absolute atomic E-state index is 0.0225. The highest BCUT2D eigenvalue weighted by Crippen LogP contribution is 2.29. The van der Waals surface area contributed by atoms with E-state index >= 15 is 0 Å². The number of benzene rings is 1. The first-order valence-electron chi connectivity index (χ1n) is 6.27. The molecule has 20 heavy (non-hydrogen) atoms. The van der Waals surface area contributed by atoms with E-state index in [1.807, 2.05) is 25.1 Å². The molecule has 2 aromatic rings. The van der Waals surface area contributed by atoms with E-state index in [0.29, 0.717) is 12.1 Å². The Labute approximate surface area is 115 Å². The van der Waals surface area contributed by atoms with Gasteiger partial charge in [-0.25, -0.2) is 0 Å². The molecule has 0 unspecified atom stereocenters. The van der Waals surface area contributed by atoms with Gasteiger partial charge in [-0.05, 0) is 30.7 Å². The molecular formula is C15H15F3N2. The summed E-state index contributed by atoms with van der Waals surface area (Å²) in [5.41, 5.74) is 0.837. The zero-order chi connectivity index (χ0) is 14.6. The summed E-state index contributed by atoms with van der Waals surface area (Å²) in [5, 5.41) is 3.16. The van der Waals surface area contributed by atoms with Crippen LogP contribution in [0.15, 0.2) is 48.7 Å². The molecule has 1 N–H and O–H groups in total. The molecule has 0 fully saturated rings. The summed E-state index contributed by atoms with van der Waals surface area (Å²) >= 11 is 0. The predicted octanol–water partition coefficient (Wildman–Crippen LogP) is 3.95. The Balaban J connectivity index is 2.01. The number of rotatable bonds is 4. The standard InChI is InChI=1S/C15H15F3N2/c1-11(14-7-2-3-8-19-14)20-10-12-5-4-6-13(9-12)15(16,17)18/h2-9,11,20H,10H2,1H3/t11-/m0/s1. The Bertz CT molecular complexity index is 553. The van der Waals surface area contributed by atoms with Crippen LogP contribution in [-0.4, -0.2) is 4.98 Å². The van der Waals surface area contributed by atoms with Crippen LogP contribution in [0.2, 0.25) is 0 Å². The lowest BCUT2D eigenvalue weighted by molar-refractivity contribution is -0.137. The number of nitrogens with zero attached hydrogens (tertiary/aromatic N) is 1. The summed E-state index contributed by atoms with van der Waals surface area (Å²) in [6.07, 6.45) is -2.61. The van der Waals surface area contributed by atoms with Crippen molar-refractivity contribution in [2.24, 2.45) is 0 Å². The number of hydrogen-bond donors (Lipinski definition) is 1. The van der Waals surface area contributed by atoms with E-state index in [-0.39, 0.29) is 6.04 Å². The van der Waals surface area contributed by atoms with E-state index in [4.69, 9.17) is 0 Å². The van der Waals surface area contributed by atoms with Gasteiger partial charge in [0.1, 0.15) is 0 Å². The third kappa shape index (κ3) is 3.81. The number of halogens is 3. The second-order valence-corrected chi connectivity index (χ2v) is 4.56. The number of hydrogen-bond acceptors (Lipinski definition) is 2. The lowest BCUT2D eigenvalue weighted by Crippen LogP contribution is -2.19. The number of nitrogens with one attached hydrogen (secondary N) is 1. The van der Waals surface area contributed by atoms with Crippen LogP contribution < -0.4 is 5.32 Å². The highest BCUT2D eigenvalue weighted by molar-refractivity contribution is 5.25. The van der Waals surface area contributed by atoms with Gasteiger partial charge in [-0.15, -0.1) is 0 Å². The number of aromatic nitrogens is 1. The second kappa shape index (κ2) is 6.05. The van der Waals surface area contributed by atoms with Gasteiger partial charge in [-0.3, -0.25) is 4.98 Å². The van der Waals surface area contributed by atoms with Crippen molar-refractivity contribution in [3.05, 3.63) is 65.5 Å². The Morgan fingerprint density at radius 2 is 1.95 bits per heavy atom. The molecule has 0 aliphatic heterocycles. The average molecular weight is 280 g/mol. The lowest BCUT2D eigenvalue weighted by Gasteiger charge is -2.14. The van der Waals surface area contributed by atoms with Crippen molar-refractivity contribution in [3.63, 3.8) is 0 Å². The third-order valence-electron chi connectivity index (χ3n) is 3.00. The molecule has 0 saturated heterocycles. The van der Waals surface area contributed by atoms with Crippen molar-refractivity contribution in [1.82, 2.24) is 10.3 Å². The van der Waals surface area contributed by atoms with Crippen LogP contribution in [0.25, 0.3) is 0 Å². The Hall–Kier alpha value is -1.88. The summed E-state index contributed by atoms with van der Waals surface area (Å²) in [6.45, 7) is 2.29. The molecule has 1 aromatic heterocycles. The molecule has 0 aliphatic rings. The van der Waals surface area contributed by atoms with Crippen LogP contribution in [-0.2, 0) is 12.7 Å². The van der Waals surface area contributed by atoms with E-state index in [1.54, 1.807) is 12.3 Å². The quantitative estimate of drug-likeness (QED) is 0.917. The molecule has 1 heterocycles. The molecule has 2 rings (SSSR count). The van der Waals surface area contributed by atoms with Gasteiger partial charge in [0.25, 0.3) is 0 Å². The molecule has 0 saturated carbocycles. The van der Waals surface area contributed by atoms with Crippen LogP contribution in [0, 0.1) is 0 Å². The summed E-state index contributed by atoms with van der Waals surface area (Å²) < 4.78 is 37.8. The first-order valence-corrected chi connectivity index (χ1v) is 6.27. The van der Waals surface area contributed by atoms with Crippen molar-refractivity contribution in [1.29, 1.82) is 0 Å². The average Bonchev–Trinajstić information content (AvgIpc) is 2.45. The van der Waals surface area contributed by atoms with E-state index in [2.05, 4.69) is 10.3 Å². The fraction of sp³-hybridized carbons (Fsp3) is 0.267. The summed E-state index contributed by atoms with van der Waals surface area (Å²) in [7, 11) is 0. The van der Waals surface area contributed by atoms with E-state index < -0.39 is 11.7 Å². The summed E-state index contributed by atoms with van der Waals surface area (Å²) in [6, 6.07) is 10.9. The van der Waals surface area contributed by atoms with Crippen LogP contribution >= 0.6 is 0 Å². The Morgan fingerprint density at radius 1 is 1.15 bits per heavy atom. The Morgan fingerprint density at radius 3 is 2.60 bits per heavy atom. The zero-order valence-corrected chi connectivity index (χ0v) is 11.0. The molecule has 0 bridgehead atoms. The maximum atomic E-state index is 12.6. The van der Waals surface area contributed by atoms with Gasteiger partial charge < -0.3 is 5.32 Å². The highest BCUT2D eigenvalue weighted by Gasteiger charge is 2.30. The maximum absolute atomic E-state index is 12.6. The third-order valence-corrected chi connectivity index (χ3v) is 3.00. The van der Waals surface area contributed by atoms with Gasteiger partial charge in [-0.1, -0.05) is 24.3 Å². The molecule has 0 spiro atoms. The van der Waals surface area contributed by atoms with Crippen molar-refractivity contribution in [2.45, 2.75) is 25.7 Å². The van der Waals surface area contributed by atoms with Gasteiger partial charge in [-0.2, -0.15) is 13.2 Å². The van der Waals surface area contributed by atoms with Crippen LogP contribution in [0.1, 0.15) is 29.8 Å². The Kier molecular flexibility index (Phi) is 4.39. The monoisotopic (exact) mass is 280 g/mol. The lowest BCUT2D eigenvalue weighted by atomic mass is 10.1. The largest absolute Gasteiger partial charge is 0.416 e. The minimum atomic E-state index is -4.30. The molecule has 1 aromatic carbocycles. The SMILES string of the molecule is C[C@H](NCc1cccc(C(F)(F)F)c1)c1ccccn1. The fourth-order valence-corrected chi connectivity index (χ4v) is 1.87. The van der Waals surface area contributed by atoms with E-state index in [1.165, 1.54) is 6.07 Å². The van der Waals surface area contributed by atoms with Crippen molar-refractivity contribution < 1.29 is 13.2 Å². The summed E-state index contributed by atoms with van der Waals surface area (Å²) in [4.78, 5) is 4.21.